The smallest absolute Gasteiger partial charge is 0.243 e. The van der Waals surface area contributed by atoms with Crippen molar-refractivity contribution in [2.45, 2.75) is 17.9 Å². The minimum atomic E-state index is -3.61. The van der Waals surface area contributed by atoms with Gasteiger partial charge in [-0.3, -0.25) is 4.90 Å². The summed E-state index contributed by atoms with van der Waals surface area (Å²) in [6.45, 7) is 2.95. The average molecular weight is 467 g/mol. The van der Waals surface area contributed by atoms with Crippen LogP contribution in [0.2, 0.25) is 0 Å². The van der Waals surface area contributed by atoms with Gasteiger partial charge in [-0.1, -0.05) is 0 Å². The summed E-state index contributed by atoms with van der Waals surface area (Å²) < 4.78 is 43.2. The van der Waals surface area contributed by atoms with E-state index in [2.05, 4.69) is 25.8 Å². The fourth-order valence-corrected chi connectivity index (χ4v) is 5.25. The zero-order chi connectivity index (χ0) is 19.7. The van der Waals surface area contributed by atoms with Gasteiger partial charge in [-0.15, -0.1) is 0 Å². The monoisotopic (exact) mass is 466 g/mol. The Bertz CT molecular complexity index is 1090. The van der Waals surface area contributed by atoms with Crippen LogP contribution in [-0.2, 0) is 16.6 Å². The lowest BCUT2D eigenvalue weighted by atomic mass is 10.3. The fraction of sp³-hybridized carbons (Fsp3) is 0.316. The Hall–Kier alpha value is -1.81. The molecular weight excluding hydrogens is 447 g/mol. The molecule has 0 N–H and O–H groups in total. The van der Waals surface area contributed by atoms with Crippen LogP contribution in [0, 0.1) is 5.82 Å². The summed E-state index contributed by atoms with van der Waals surface area (Å²) in [6.07, 6.45) is 4.70. The molecule has 0 spiro atoms. The Kier molecular flexibility index (Phi) is 5.50. The Morgan fingerprint density at radius 2 is 1.79 bits per heavy atom. The molecule has 0 radical (unpaired) electrons. The van der Waals surface area contributed by atoms with Crippen LogP contribution in [0.1, 0.15) is 12.1 Å². The summed E-state index contributed by atoms with van der Waals surface area (Å²) in [6, 6.07) is 8.91. The first-order valence-corrected chi connectivity index (χ1v) is 11.3. The standard InChI is InChI=1S/C19H20BrFN4O2S/c20-15-2-7-19-22-17(14-24(19)12-15)13-23-8-1-9-25(11-10-23)28(26,27)18-5-3-16(21)4-6-18/h2-7,12,14H,1,8-11,13H2. The van der Waals surface area contributed by atoms with Gasteiger partial charge in [-0.2, -0.15) is 4.31 Å². The van der Waals surface area contributed by atoms with E-state index in [9.17, 15) is 12.8 Å². The van der Waals surface area contributed by atoms with Crippen LogP contribution in [0.5, 0.6) is 0 Å². The van der Waals surface area contributed by atoms with Gasteiger partial charge in [0.2, 0.25) is 10.0 Å². The van der Waals surface area contributed by atoms with Crippen molar-refractivity contribution in [1.29, 1.82) is 0 Å². The van der Waals surface area contributed by atoms with Gasteiger partial charge in [-0.25, -0.2) is 17.8 Å². The number of pyridine rings is 1. The van der Waals surface area contributed by atoms with Gasteiger partial charge >= 0.3 is 0 Å². The van der Waals surface area contributed by atoms with Gasteiger partial charge < -0.3 is 4.40 Å². The molecule has 0 aliphatic carbocycles. The van der Waals surface area contributed by atoms with Gasteiger partial charge in [0.25, 0.3) is 0 Å². The second-order valence-corrected chi connectivity index (χ2v) is 9.69. The third-order valence-corrected chi connectivity index (χ3v) is 7.23. The van der Waals surface area contributed by atoms with Crippen molar-refractivity contribution in [2.75, 3.05) is 26.2 Å². The molecule has 6 nitrogen and oxygen atoms in total. The first-order chi connectivity index (χ1) is 13.4. The van der Waals surface area contributed by atoms with Gasteiger partial charge in [-0.05, 0) is 65.3 Å². The molecule has 3 aromatic rings. The third kappa shape index (κ3) is 4.12. The van der Waals surface area contributed by atoms with Gasteiger partial charge in [0, 0.05) is 43.0 Å². The molecule has 3 heterocycles. The van der Waals surface area contributed by atoms with Gasteiger partial charge in [0.15, 0.2) is 0 Å². The molecule has 28 heavy (non-hydrogen) atoms. The molecule has 0 saturated carbocycles. The molecular formula is C19H20BrFN4O2S. The van der Waals surface area contributed by atoms with Crippen molar-refractivity contribution in [3.05, 3.63) is 64.8 Å². The van der Waals surface area contributed by atoms with E-state index in [1.807, 2.05) is 28.9 Å². The summed E-state index contributed by atoms with van der Waals surface area (Å²) in [5.41, 5.74) is 1.83. The number of nitrogens with zero attached hydrogens (tertiary/aromatic N) is 4. The minimum absolute atomic E-state index is 0.133. The number of rotatable bonds is 4. The van der Waals surface area contributed by atoms with Gasteiger partial charge in [0.05, 0.1) is 10.6 Å². The maximum Gasteiger partial charge on any atom is 0.243 e. The Balaban J connectivity index is 1.45. The number of hydrogen-bond donors (Lipinski definition) is 0. The van der Waals surface area contributed by atoms with Crippen LogP contribution in [0.3, 0.4) is 0 Å². The summed E-state index contributed by atoms with van der Waals surface area (Å²) in [5.74, 6) is -0.444. The average Bonchev–Trinajstić information content (AvgIpc) is 2.89. The summed E-state index contributed by atoms with van der Waals surface area (Å²) in [7, 11) is -3.61. The highest BCUT2D eigenvalue weighted by atomic mass is 79.9. The molecule has 4 rings (SSSR count). The van der Waals surface area contributed by atoms with Crippen LogP contribution in [0.15, 0.2) is 58.2 Å². The van der Waals surface area contributed by atoms with Crippen LogP contribution in [0.25, 0.3) is 5.65 Å². The third-order valence-electron chi connectivity index (χ3n) is 4.85. The Labute approximate surface area is 171 Å². The lowest BCUT2D eigenvalue weighted by Crippen LogP contribution is -2.35. The molecule has 0 amide bonds. The highest BCUT2D eigenvalue weighted by Gasteiger charge is 2.27. The van der Waals surface area contributed by atoms with E-state index >= 15 is 0 Å². The quantitative estimate of drug-likeness (QED) is 0.592. The van der Waals surface area contributed by atoms with Crippen molar-refractivity contribution in [1.82, 2.24) is 18.6 Å². The van der Waals surface area contributed by atoms with E-state index in [1.165, 1.54) is 28.6 Å². The summed E-state index contributed by atoms with van der Waals surface area (Å²) in [4.78, 5) is 6.99. The predicted molar refractivity (Wildman–Crippen MR) is 108 cm³/mol. The number of sulfonamides is 1. The van der Waals surface area contributed by atoms with E-state index in [-0.39, 0.29) is 4.90 Å². The minimum Gasteiger partial charge on any atom is -0.306 e. The number of benzene rings is 1. The van der Waals surface area contributed by atoms with Crippen molar-refractivity contribution < 1.29 is 12.8 Å². The molecule has 148 valence electrons. The Morgan fingerprint density at radius 3 is 2.57 bits per heavy atom. The molecule has 1 aromatic carbocycles. The fourth-order valence-electron chi connectivity index (χ4n) is 3.42. The number of fused-ring (bicyclic) bond motifs is 1. The first kappa shape index (κ1) is 19.5. The maximum atomic E-state index is 13.1. The zero-order valence-electron chi connectivity index (χ0n) is 15.1. The van der Waals surface area contributed by atoms with E-state index in [0.717, 1.165) is 28.8 Å². The number of aromatic nitrogens is 2. The molecule has 9 heteroatoms. The zero-order valence-corrected chi connectivity index (χ0v) is 17.5. The molecule has 1 aliphatic heterocycles. The van der Waals surface area contributed by atoms with Crippen LogP contribution < -0.4 is 0 Å². The van der Waals surface area contributed by atoms with E-state index in [4.69, 9.17) is 0 Å². The highest BCUT2D eigenvalue weighted by Crippen LogP contribution is 2.19. The lowest BCUT2D eigenvalue weighted by molar-refractivity contribution is 0.276. The maximum absolute atomic E-state index is 13.1. The number of halogens is 2. The molecule has 2 aromatic heterocycles. The van der Waals surface area contributed by atoms with Crippen molar-refractivity contribution in [3.8, 4) is 0 Å². The lowest BCUT2D eigenvalue weighted by Gasteiger charge is -2.21. The van der Waals surface area contributed by atoms with Crippen LogP contribution >= 0.6 is 15.9 Å². The largest absolute Gasteiger partial charge is 0.306 e. The molecule has 0 unspecified atom stereocenters. The molecule has 1 fully saturated rings. The topological polar surface area (TPSA) is 57.9 Å². The first-order valence-electron chi connectivity index (χ1n) is 9.03. The number of imidazole rings is 1. The second-order valence-electron chi connectivity index (χ2n) is 6.83. The van der Waals surface area contributed by atoms with E-state index in [1.54, 1.807) is 0 Å². The molecule has 1 saturated heterocycles. The number of hydrogen-bond acceptors (Lipinski definition) is 4. The van der Waals surface area contributed by atoms with E-state index < -0.39 is 15.8 Å². The second kappa shape index (κ2) is 7.90. The molecule has 0 bridgehead atoms. The molecule has 0 atom stereocenters. The summed E-state index contributed by atoms with van der Waals surface area (Å²) in [5, 5.41) is 0. The summed E-state index contributed by atoms with van der Waals surface area (Å²) >= 11 is 3.46. The van der Waals surface area contributed by atoms with Crippen molar-refractivity contribution in [2.24, 2.45) is 0 Å². The van der Waals surface area contributed by atoms with Crippen molar-refractivity contribution in [3.63, 3.8) is 0 Å². The van der Waals surface area contributed by atoms with Crippen LogP contribution in [0.4, 0.5) is 4.39 Å². The van der Waals surface area contributed by atoms with Gasteiger partial charge in [0.1, 0.15) is 11.5 Å². The predicted octanol–water partition coefficient (Wildman–Crippen LogP) is 3.13. The van der Waals surface area contributed by atoms with E-state index in [0.29, 0.717) is 26.2 Å². The SMILES string of the molecule is O=S(=O)(c1ccc(F)cc1)N1CCCN(Cc2cn3cc(Br)ccc3n2)CC1. The Morgan fingerprint density at radius 1 is 1.00 bits per heavy atom. The normalized spacial score (nSPS) is 17.1. The van der Waals surface area contributed by atoms with Crippen molar-refractivity contribution >= 4 is 31.6 Å². The van der Waals surface area contributed by atoms with Crippen LogP contribution in [-0.4, -0.2) is 53.2 Å². The molecule has 1 aliphatic rings. The highest BCUT2D eigenvalue weighted by molar-refractivity contribution is 9.10.